The van der Waals surface area contributed by atoms with Crippen LogP contribution in [0.2, 0.25) is 0 Å². The fourth-order valence-electron chi connectivity index (χ4n) is 0.787. The molecule has 0 bridgehead atoms. The molecule has 1 heteroatoms. The first kappa shape index (κ1) is 13.0. The molecule has 0 rings (SSSR count). The average molecular weight is 186 g/mol. The van der Waals surface area contributed by atoms with Crippen LogP contribution >= 0.6 is 0 Å². The molecule has 0 aliphatic rings. The smallest absolute Gasteiger partial charge is 0.0519 e. The highest BCUT2D eigenvalue weighted by Gasteiger charge is 2.23. The van der Waals surface area contributed by atoms with E-state index >= 15 is 0 Å². The molecule has 0 aromatic rings. The summed E-state index contributed by atoms with van der Waals surface area (Å²) in [6.07, 6.45) is 0. The molecule has 0 aromatic carbocycles. The van der Waals surface area contributed by atoms with E-state index in [1.54, 1.807) is 0 Å². The van der Waals surface area contributed by atoms with Crippen molar-refractivity contribution in [2.45, 2.75) is 48.5 Å². The predicted molar refractivity (Wildman–Crippen MR) is 58.9 cm³/mol. The largest absolute Gasteiger partial charge is 0.380 e. The highest BCUT2D eigenvalue weighted by molar-refractivity contribution is 4.72. The maximum Gasteiger partial charge on any atom is 0.0519 e. The summed E-state index contributed by atoms with van der Waals surface area (Å²) in [6, 6.07) is 0. The Morgan fingerprint density at radius 2 is 1.38 bits per heavy atom. The van der Waals surface area contributed by atoms with Crippen LogP contribution in [0.15, 0.2) is 0 Å². The maximum absolute atomic E-state index is 5.72. The normalized spacial score (nSPS) is 13.8. The molecule has 80 valence electrons. The second-order valence-electron chi connectivity index (χ2n) is 6.20. The Bertz CT molecular complexity index is 140. The van der Waals surface area contributed by atoms with Gasteiger partial charge in [-0.25, -0.2) is 0 Å². The molecule has 1 nitrogen and oxygen atoms in total. The van der Waals surface area contributed by atoms with Gasteiger partial charge in [0, 0.05) is 0 Å². The molecule has 0 amide bonds. The molecular formula is C12H26O. The van der Waals surface area contributed by atoms with Crippen molar-refractivity contribution in [3.63, 3.8) is 0 Å². The van der Waals surface area contributed by atoms with E-state index in [0.29, 0.717) is 11.3 Å². The van der Waals surface area contributed by atoms with Crippen molar-refractivity contribution in [1.82, 2.24) is 0 Å². The summed E-state index contributed by atoms with van der Waals surface area (Å²) >= 11 is 0. The summed E-state index contributed by atoms with van der Waals surface area (Å²) in [5.74, 6) is 0.674. The lowest BCUT2D eigenvalue weighted by Crippen LogP contribution is -2.28. The van der Waals surface area contributed by atoms with Gasteiger partial charge < -0.3 is 4.74 Å². The molecule has 0 N–H and O–H groups in total. The Balaban J connectivity index is 3.77. The lowest BCUT2D eigenvalue weighted by Gasteiger charge is -2.30. The highest BCUT2D eigenvalue weighted by atomic mass is 16.5. The third kappa shape index (κ3) is 6.09. The van der Waals surface area contributed by atoms with Crippen molar-refractivity contribution >= 4 is 0 Å². The SMILES string of the molecule is CC(C)C(C)(C)COCC(C)(C)C. The maximum atomic E-state index is 5.72. The van der Waals surface area contributed by atoms with Crippen molar-refractivity contribution < 1.29 is 4.74 Å². The average Bonchev–Trinajstić information content (AvgIpc) is 1.82. The lowest BCUT2D eigenvalue weighted by atomic mass is 9.82. The zero-order valence-corrected chi connectivity index (χ0v) is 10.4. The van der Waals surface area contributed by atoms with E-state index in [1.807, 2.05) is 0 Å². The zero-order valence-electron chi connectivity index (χ0n) is 10.4. The monoisotopic (exact) mass is 186 g/mol. The van der Waals surface area contributed by atoms with Gasteiger partial charge in [0.05, 0.1) is 13.2 Å². The first-order valence-electron chi connectivity index (χ1n) is 5.23. The van der Waals surface area contributed by atoms with Crippen LogP contribution in [0.25, 0.3) is 0 Å². The molecule has 13 heavy (non-hydrogen) atoms. The van der Waals surface area contributed by atoms with Crippen molar-refractivity contribution in [2.24, 2.45) is 16.7 Å². The van der Waals surface area contributed by atoms with Gasteiger partial charge in [-0.2, -0.15) is 0 Å². The fourth-order valence-corrected chi connectivity index (χ4v) is 0.787. The summed E-state index contributed by atoms with van der Waals surface area (Å²) < 4.78 is 5.72. The van der Waals surface area contributed by atoms with E-state index in [0.717, 1.165) is 13.2 Å². The Morgan fingerprint density at radius 3 is 1.69 bits per heavy atom. The Labute approximate surface area is 83.9 Å². The summed E-state index contributed by atoms with van der Waals surface area (Å²) in [5, 5.41) is 0. The Kier molecular flexibility index (Phi) is 4.44. The molecule has 0 aliphatic heterocycles. The lowest BCUT2D eigenvalue weighted by molar-refractivity contribution is 0.00378. The molecule has 0 heterocycles. The summed E-state index contributed by atoms with van der Waals surface area (Å²) in [6.45, 7) is 17.4. The molecule has 0 aliphatic carbocycles. The number of rotatable bonds is 4. The first-order valence-corrected chi connectivity index (χ1v) is 5.23. The quantitative estimate of drug-likeness (QED) is 0.650. The molecule has 0 aromatic heterocycles. The van der Waals surface area contributed by atoms with E-state index in [9.17, 15) is 0 Å². The van der Waals surface area contributed by atoms with Gasteiger partial charge in [-0.15, -0.1) is 0 Å². The molecule has 0 spiro atoms. The number of ether oxygens (including phenoxy) is 1. The van der Waals surface area contributed by atoms with Crippen LogP contribution in [0.3, 0.4) is 0 Å². The van der Waals surface area contributed by atoms with Gasteiger partial charge in [0.15, 0.2) is 0 Å². The van der Waals surface area contributed by atoms with Crippen LogP contribution in [0.1, 0.15) is 48.5 Å². The third-order valence-corrected chi connectivity index (χ3v) is 2.57. The van der Waals surface area contributed by atoms with Crippen LogP contribution in [0, 0.1) is 16.7 Å². The van der Waals surface area contributed by atoms with Crippen LogP contribution in [-0.2, 0) is 4.74 Å². The van der Waals surface area contributed by atoms with E-state index < -0.39 is 0 Å². The number of hydrogen-bond donors (Lipinski definition) is 0. The molecule has 0 unspecified atom stereocenters. The van der Waals surface area contributed by atoms with Crippen LogP contribution in [-0.4, -0.2) is 13.2 Å². The number of hydrogen-bond acceptors (Lipinski definition) is 1. The van der Waals surface area contributed by atoms with E-state index in [-0.39, 0.29) is 5.41 Å². The van der Waals surface area contributed by atoms with Gasteiger partial charge in [-0.1, -0.05) is 48.5 Å². The van der Waals surface area contributed by atoms with Crippen molar-refractivity contribution in [2.75, 3.05) is 13.2 Å². The standard InChI is InChI=1S/C12H26O/c1-10(2)12(6,7)9-13-8-11(3,4)5/h10H,8-9H2,1-7H3. The van der Waals surface area contributed by atoms with Gasteiger partial charge in [-0.3, -0.25) is 0 Å². The van der Waals surface area contributed by atoms with Gasteiger partial charge in [-0.05, 0) is 16.7 Å². The Hall–Kier alpha value is -0.0400. The molecule has 0 radical (unpaired) electrons. The molecule has 0 fully saturated rings. The van der Waals surface area contributed by atoms with Crippen molar-refractivity contribution in [1.29, 1.82) is 0 Å². The zero-order chi connectivity index (χ0) is 10.7. The minimum absolute atomic E-state index is 0.285. The van der Waals surface area contributed by atoms with Crippen LogP contribution in [0.5, 0.6) is 0 Å². The topological polar surface area (TPSA) is 9.23 Å². The van der Waals surface area contributed by atoms with Crippen LogP contribution in [0.4, 0.5) is 0 Å². The Morgan fingerprint density at radius 1 is 0.923 bits per heavy atom. The molecule has 0 saturated carbocycles. The summed E-state index contributed by atoms with van der Waals surface area (Å²) in [4.78, 5) is 0. The minimum Gasteiger partial charge on any atom is -0.380 e. The first-order chi connectivity index (χ1) is 5.65. The minimum atomic E-state index is 0.285. The second kappa shape index (κ2) is 4.45. The van der Waals surface area contributed by atoms with Gasteiger partial charge in [0.25, 0.3) is 0 Å². The van der Waals surface area contributed by atoms with Crippen LogP contribution < -0.4 is 0 Å². The van der Waals surface area contributed by atoms with Gasteiger partial charge in [0.2, 0.25) is 0 Å². The van der Waals surface area contributed by atoms with E-state index in [2.05, 4.69) is 48.5 Å². The van der Waals surface area contributed by atoms with Crippen molar-refractivity contribution in [3.05, 3.63) is 0 Å². The van der Waals surface area contributed by atoms with E-state index in [4.69, 9.17) is 4.74 Å². The van der Waals surface area contributed by atoms with E-state index in [1.165, 1.54) is 0 Å². The highest BCUT2D eigenvalue weighted by Crippen LogP contribution is 2.27. The van der Waals surface area contributed by atoms with Gasteiger partial charge in [0.1, 0.15) is 0 Å². The van der Waals surface area contributed by atoms with Gasteiger partial charge >= 0.3 is 0 Å². The molecule has 0 atom stereocenters. The summed E-state index contributed by atoms with van der Waals surface area (Å²) in [7, 11) is 0. The van der Waals surface area contributed by atoms with Crippen molar-refractivity contribution in [3.8, 4) is 0 Å². The molecular weight excluding hydrogens is 160 g/mol. The summed E-state index contributed by atoms with van der Waals surface area (Å²) in [5.41, 5.74) is 0.582. The predicted octanol–water partition coefficient (Wildman–Crippen LogP) is 3.73. The second-order valence-corrected chi connectivity index (χ2v) is 6.20. The third-order valence-electron chi connectivity index (χ3n) is 2.57. The molecule has 0 saturated heterocycles. The fraction of sp³-hybridized carbons (Fsp3) is 1.00.